The molecule has 0 saturated carbocycles. The number of halogens is 1. The largest absolute Gasteiger partial charge is 0.426 e. The van der Waals surface area contributed by atoms with E-state index in [-0.39, 0.29) is 0 Å². The Morgan fingerprint density at radius 1 is 1.37 bits per heavy atom. The summed E-state index contributed by atoms with van der Waals surface area (Å²) >= 11 is 6.42. The average Bonchev–Trinajstić information content (AvgIpc) is 3.11. The number of fused-ring (bicyclic) bond motifs is 1. The molecule has 1 aromatic carbocycles. The second-order valence-electron chi connectivity index (χ2n) is 6.16. The first-order valence-electron chi connectivity index (χ1n) is 8.91. The van der Waals surface area contributed by atoms with E-state index >= 15 is 0 Å². The van der Waals surface area contributed by atoms with Crippen LogP contribution in [0.5, 0.6) is 0 Å². The van der Waals surface area contributed by atoms with Crippen molar-refractivity contribution < 1.29 is 4.74 Å². The van der Waals surface area contributed by atoms with E-state index in [4.69, 9.17) is 16.3 Å². The van der Waals surface area contributed by atoms with E-state index in [2.05, 4.69) is 29.1 Å². The van der Waals surface area contributed by atoms with Crippen LogP contribution in [0, 0.1) is 0 Å². The molecule has 0 spiro atoms. The first-order valence-corrected chi connectivity index (χ1v) is 9.29. The smallest absolute Gasteiger partial charge is 0.296 e. The maximum Gasteiger partial charge on any atom is 0.296 e. The number of hydrogen-bond donors (Lipinski definition) is 1. The number of nitrogens with one attached hydrogen (secondary N) is 1. The number of benzene rings is 1. The Bertz CT molecular complexity index is 965. The van der Waals surface area contributed by atoms with Gasteiger partial charge in [0.25, 0.3) is 6.02 Å². The number of amidine groups is 1. The van der Waals surface area contributed by atoms with Crippen LogP contribution < -0.4 is 5.32 Å². The Hall–Kier alpha value is -2.79. The quantitative estimate of drug-likeness (QED) is 0.555. The van der Waals surface area contributed by atoms with Crippen molar-refractivity contribution in [2.75, 3.05) is 0 Å². The molecule has 1 N–H and O–H groups in total. The zero-order valence-corrected chi connectivity index (χ0v) is 16.4. The lowest BCUT2D eigenvalue weighted by Crippen LogP contribution is -2.27. The summed E-state index contributed by atoms with van der Waals surface area (Å²) in [7, 11) is 0. The summed E-state index contributed by atoms with van der Waals surface area (Å²) in [6, 6.07) is 8.27. The number of allylic oxidation sites excluding steroid dienone is 5. The van der Waals surface area contributed by atoms with E-state index in [0.717, 1.165) is 17.5 Å². The van der Waals surface area contributed by atoms with Crippen molar-refractivity contribution in [3.05, 3.63) is 77.5 Å². The summed E-state index contributed by atoms with van der Waals surface area (Å²) in [6.45, 7) is 6.14. The van der Waals surface area contributed by atoms with Crippen molar-refractivity contribution in [1.29, 1.82) is 0 Å². The fraction of sp³-hybridized carbons (Fsp3) is 0.238. The SMILES string of the molecule is C\C=C/C=C(\C=C(/C)CC)OC1=NC(n2cnc3ccccc32)C(Cl)=CN1. The minimum Gasteiger partial charge on any atom is -0.426 e. The molecular formula is C21H23ClN4O. The fourth-order valence-electron chi connectivity index (χ4n) is 2.60. The Morgan fingerprint density at radius 3 is 2.96 bits per heavy atom. The van der Waals surface area contributed by atoms with Crippen molar-refractivity contribution in [3.8, 4) is 0 Å². The van der Waals surface area contributed by atoms with Crippen LogP contribution in [0.25, 0.3) is 11.0 Å². The summed E-state index contributed by atoms with van der Waals surface area (Å²) in [5.41, 5.74) is 3.08. The number of nitrogens with zero attached hydrogens (tertiary/aromatic N) is 3. The van der Waals surface area contributed by atoms with Gasteiger partial charge in [-0.3, -0.25) is 0 Å². The molecule has 1 atom stereocenters. The van der Waals surface area contributed by atoms with Crippen LogP contribution >= 0.6 is 11.6 Å². The molecule has 1 aromatic heterocycles. The lowest BCUT2D eigenvalue weighted by Gasteiger charge is -2.21. The lowest BCUT2D eigenvalue weighted by atomic mass is 10.2. The van der Waals surface area contributed by atoms with E-state index in [1.54, 1.807) is 12.5 Å². The van der Waals surface area contributed by atoms with Crippen LogP contribution in [0.4, 0.5) is 0 Å². The molecule has 140 valence electrons. The Labute approximate surface area is 164 Å². The summed E-state index contributed by atoms with van der Waals surface area (Å²) in [6.07, 6.45) is 11.8. The van der Waals surface area contributed by atoms with Crippen LogP contribution in [0.1, 0.15) is 33.4 Å². The normalized spacial score (nSPS) is 18.4. The van der Waals surface area contributed by atoms with Crippen LogP contribution in [0.2, 0.25) is 0 Å². The van der Waals surface area contributed by atoms with E-state index in [0.29, 0.717) is 16.8 Å². The molecule has 0 amide bonds. The Kier molecular flexibility index (Phi) is 6.14. The molecule has 1 aliphatic rings. The van der Waals surface area contributed by atoms with Gasteiger partial charge in [-0.1, -0.05) is 48.4 Å². The van der Waals surface area contributed by atoms with Crippen molar-refractivity contribution in [2.24, 2.45) is 4.99 Å². The fourth-order valence-corrected chi connectivity index (χ4v) is 2.81. The molecular weight excluding hydrogens is 360 g/mol. The van der Waals surface area contributed by atoms with Gasteiger partial charge in [0.1, 0.15) is 5.76 Å². The van der Waals surface area contributed by atoms with Gasteiger partial charge in [-0.2, -0.15) is 0 Å². The molecule has 5 nitrogen and oxygen atoms in total. The highest BCUT2D eigenvalue weighted by Crippen LogP contribution is 2.29. The van der Waals surface area contributed by atoms with Crippen LogP contribution in [0.3, 0.4) is 0 Å². The van der Waals surface area contributed by atoms with Gasteiger partial charge in [-0.15, -0.1) is 0 Å². The van der Waals surface area contributed by atoms with Crippen LogP contribution in [-0.4, -0.2) is 15.6 Å². The average molecular weight is 383 g/mol. The van der Waals surface area contributed by atoms with E-state index in [1.165, 1.54) is 5.57 Å². The van der Waals surface area contributed by atoms with Crippen LogP contribution in [0.15, 0.2) is 82.5 Å². The van der Waals surface area contributed by atoms with E-state index in [1.807, 2.05) is 60.1 Å². The highest BCUT2D eigenvalue weighted by molar-refractivity contribution is 6.30. The molecule has 1 aliphatic heterocycles. The first-order chi connectivity index (χ1) is 13.1. The zero-order valence-electron chi connectivity index (χ0n) is 15.7. The topological polar surface area (TPSA) is 51.4 Å². The summed E-state index contributed by atoms with van der Waals surface area (Å²) < 4.78 is 7.92. The number of para-hydroxylation sites is 2. The van der Waals surface area contributed by atoms with Gasteiger partial charge in [0.2, 0.25) is 0 Å². The second-order valence-corrected chi connectivity index (χ2v) is 6.60. The summed E-state index contributed by atoms with van der Waals surface area (Å²) in [5, 5.41) is 3.57. The highest BCUT2D eigenvalue weighted by atomic mass is 35.5. The number of aliphatic imine (C=N–C) groups is 1. The molecule has 0 saturated heterocycles. The van der Waals surface area contributed by atoms with Gasteiger partial charge in [0.15, 0.2) is 6.17 Å². The minimum absolute atomic E-state index is 0.387. The van der Waals surface area contributed by atoms with Gasteiger partial charge < -0.3 is 14.6 Å². The van der Waals surface area contributed by atoms with Crippen molar-refractivity contribution in [3.63, 3.8) is 0 Å². The molecule has 1 unspecified atom stereocenters. The number of rotatable bonds is 5. The molecule has 3 rings (SSSR count). The standard InChI is InChI=1S/C21H23ClN4O/c1-4-6-9-16(12-15(3)5-2)27-21-23-13-17(22)20(25-21)26-14-24-18-10-7-8-11-19(18)26/h4,6-14,20H,5H2,1-3H3,(H,23,25)/b6-4-,15-12+,16-9+. The molecule has 0 radical (unpaired) electrons. The second kappa shape index (κ2) is 8.73. The number of imidazole rings is 1. The monoisotopic (exact) mass is 382 g/mol. The third-order valence-electron chi connectivity index (χ3n) is 4.18. The summed E-state index contributed by atoms with van der Waals surface area (Å²) in [5.74, 6) is 0.708. The van der Waals surface area contributed by atoms with Crippen molar-refractivity contribution in [1.82, 2.24) is 14.9 Å². The van der Waals surface area contributed by atoms with Gasteiger partial charge >= 0.3 is 0 Å². The maximum absolute atomic E-state index is 6.42. The number of aromatic nitrogens is 2. The predicted octanol–water partition coefficient (Wildman–Crippen LogP) is 5.41. The third kappa shape index (κ3) is 4.49. The van der Waals surface area contributed by atoms with Gasteiger partial charge in [0.05, 0.1) is 22.4 Å². The molecule has 6 heteroatoms. The van der Waals surface area contributed by atoms with Crippen molar-refractivity contribution in [2.45, 2.75) is 33.4 Å². The molecule has 0 bridgehead atoms. The minimum atomic E-state index is -0.422. The first kappa shape index (κ1) is 19.0. The van der Waals surface area contributed by atoms with Gasteiger partial charge in [-0.25, -0.2) is 9.98 Å². The molecule has 27 heavy (non-hydrogen) atoms. The van der Waals surface area contributed by atoms with E-state index < -0.39 is 6.17 Å². The maximum atomic E-state index is 6.42. The van der Waals surface area contributed by atoms with Gasteiger partial charge in [0, 0.05) is 6.20 Å². The molecule has 2 aromatic rings. The summed E-state index contributed by atoms with van der Waals surface area (Å²) in [4.78, 5) is 9.07. The third-order valence-corrected chi connectivity index (χ3v) is 4.48. The Morgan fingerprint density at radius 2 is 2.19 bits per heavy atom. The Balaban J connectivity index is 1.91. The molecule has 0 fully saturated rings. The molecule has 0 aliphatic carbocycles. The predicted molar refractivity (Wildman–Crippen MR) is 111 cm³/mol. The lowest BCUT2D eigenvalue weighted by molar-refractivity contribution is 0.403. The zero-order chi connectivity index (χ0) is 19.2. The van der Waals surface area contributed by atoms with Gasteiger partial charge in [-0.05, 0) is 44.6 Å². The number of ether oxygens (including phenoxy) is 1. The van der Waals surface area contributed by atoms with Crippen molar-refractivity contribution >= 4 is 28.7 Å². The van der Waals surface area contributed by atoms with Crippen LogP contribution in [-0.2, 0) is 4.74 Å². The highest BCUT2D eigenvalue weighted by Gasteiger charge is 2.22. The molecule has 2 heterocycles. The number of hydrogen-bond acceptors (Lipinski definition) is 4. The van der Waals surface area contributed by atoms with E-state index in [9.17, 15) is 0 Å².